The molecule has 0 heterocycles. The van der Waals surface area contributed by atoms with Gasteiger partial charge in [-0.15, -0.1) is 12.4 Å². The van der Waals surface area contributed by atoms with Crippen molar-refractivity contribution in [3.63, 3.8) is 0 Å². The maximum Gasteiger partial charge on any atom is 0.222 e. The highest BCUT2D eigenvalue weighted by Crippen LogP contribution is 2.17. The average molecular weight is 328 g/mol. The van der Waals surface area contributed by atoms with E-state index < -0.39 is 5.54 Å². The van der Waals surface area contributed by atoms with Gasteiger partial charge in [-0.1, -0.05) is 29.8 Å². The summed E-state index contributed by atoms with van der Waals surface area (Å²) < 4.78 is 0. The van der Waals surface area contributed by atoms with E-state index in [9.17, 15) is 9.59 Å². The van der Waals surface area contributed by atoms with Crippen LogP contribution in [0.5, 0.6) is 0 Å². The number of carbonyl (C=O) groups is 2. The van der Waals surface area contributed by atoms with Gasteiger partial charge in [0.15, 0.2) is 0 Å². The standard InChI is InChI=1S/C16H25N3O2.ClH/c1-11-5-7-13(8-6-11)14(19-12(2)20)9-15(21)18-10-16(3,4)17;/h5-8,14H,9-10,17H2,1-4H3,(H,18,21)(H,19,20);1H. The zero-order chi connectivity index (χ0) is 16.0. The fourth-order valence-electron chi connectivity index (χ4n) is 1.88. The minimum atomic E-state index is -0.455. The highest BCUT2D eigenvalue weighted by Gasteiger charge is 2.18. The van der Waals surface area contributed by atoms with Gasteiger partial charge in [-0.3, -0.25) is 9.59 Å². The molecule has 1 aromatic carbocycles. The largest absolute Gasteiger partial charge is 0.354 e. The summed E-state index contributed by atoms with van der Waals surface area (Å²) in [4.78, 5) is 23.3. The molecule has 0 aliphatic carbocycles. The molecule has 22 heavy (non-hydrogen) atoms. The second-order valence-electron chi connectivity index (χ2n) is 6.13. The summed E-state index contributed by atoms with van der Waals surface area (Å²) in [5, 5.41) is 5.60. The second-order valence-corrected chi connectivity index (χ2v) is 6.13. The normalized spacial score (nSPS) is 12.0. The number of benzene rings is 1. The first-order valence-corrected chi connectivity index (χ1v) is 7.06. The van der Waals surface area contributed by atoms with Crippen molar-refractivity contribution in [2.24, 2.45) is 5.73 Å². The molecule has 0 radical (unpaired) electrons. The van der Waals surface area contributed by atoms with Crippen molar-refractivity contribution in [3.8, 4) is 0 Å². The Bertz CT molecular complexity index is 495. The van der Waals surface area contributed by atoms with Crippen LogP contribution in [0, 0.1) is 6.92 Å². The Kier molecular flexibility index (Phi) is 8.12. The van der Waals surface area contributed by atoms with Gasteiger partial charge in [0.1, 0.15) is 0 Å². The van der Waals surface area contributed by atoms with Crippen LogP contribution in [0.25, 0.3) is 0 Å². The third-order valence-corrected chi connectivity index (χ3v) is 2.99. The fraction of sp³-hybridized carbons (Fsp3) is 0.500. The van der Waals surface area contributed by atoms with Crippen molar-refractivity contribution >= 4 is 24.2 Å². The maximum absolute atomic E-state index is 12.0. The Balaban J connectivity index is 0.00000441. The first-order valence-electron chi connectivity index (χ1n) is 7.06. The number of aryl methyl sites for hydroxylation is 1. The fourth-order valence-corrected chi connectivity index (χ4v) is 1.88. The van der Waals surface area contributed by atoms with Gasteiger partial charge < -0.3 is 16.4 Å². The molecule has 1 atom stereocenters. The van der Waals surface area contributed by atoms with Gasteiger partial charge in [0.25, 0.3) is 0 Å². The van der Waals surface area contributed by atoms with Crippen LogP contribution in [0.3, 0.4) is 0 Å². The Hall–Kier alpha value is -1.59. The zero-order valence-corrected chi connectivity index (χ0v) is 14.4. The molecule has 0 spiro atoms. The monoisotopic (exact) mass is 327 g/mol. The number of rotatable bonds is 6. The van der Waals surface area contributed by atoms with E-state index in [4.69, 9.17) is 5.73 Å². The highest BCUT2D eigenvalue weighted by molar-refractivity contribution is 5.85. The van der Waals surface area contributed by atoms with Crippen LogP contribution in [-0.2, 0) is 9.59 Å². The van der Waals surface area contributed by atoms with Crippen LogP contribution in [-0.4, -0.2) is 23.9 Å². The number of nitrogens with one attached hydrogen (secondary N) is 2. The molecule has 0 aromatic heterocycles. The summed E-state index contributed by atoms with van der Waals surface area (Å²) in [5.74, 6) is -0.291. The Labute approximate surface area is 138 Å². The second kappa shape index (κ2) is 8.76. The Morgan fingerprint density at radius 1 is 1.23 bits per heavy atom. The lowest BCUT2D eigenvalue weighted by molar-refractivity contribution is -0.123. The van der Waals surface area contributed by atoms with E-state index in [1.165, 1.54) is 6.92 Å². The lowest BCUT2D eigenvalue weighted by Crippen LogP contribution is -2.45. The first-order chi connectivity index (χ1) is 9.67. The molecule has 0 fully saturated rings. The van der Waals surface area contributed by atoms with E-state index in [1.807, 2.05) is 45.0 Å². The van der Waals surface area contributed by atoms with Crippen molar-refractivity contribution in [2.75, 3.05) is 6.54 Å². The van der Waals surface area contributed by atoms with E-state index in [1.54, 1.807) is 0 Å². The number of nitrogens with two attached hydrogens (primary N) is 1. The molecule has 1 unspecified atom stereocenters. The molecular weight excluding hydrogens is 302 g/mol. The number of hydrogen-bond acceptors (Lipinski definition) is 3. The molecule has 5 nitrogen and oxygen atoms in total. The smallest absolute Gasteiger partial charge is 0.222 e. The third-order valence-electron chi connectivity index (χ3n) is 2.99. The van der Waals surface area contributed by atoms with Crippen LogP contribution in [0.15, 0.2) is 24.3 Å². The topological polar surface area (TPSA) is 84.2 Å². The van der Waals surface area contributed by atoms with Gasteiger partial charge in [0.2, 0.25) is 11.8 Å². The number of halogens is 1. The Morgan fingerprint density at radius 3 is 2.23 bits per heavy atom. The molecule has 0 aliphatic heterocycles. The van der Waals surface area contributed by atoms with Crippen molar-refractivity contribution in [1.29, 1.82) is 0 Å². The SMILES string of the molecule is CC(=O)NC(CC(=O)NCC(C)(C)N)c1ccc(C)cc1.Cl. The van der Waals surface area contributed by atoms with Crippen LogP contribution in [0.4, 0.5) is 0 Å². The van der Waals surface area contributed by atoms with E-state index in [-0.39, 0.29) is 36.7 Å². The summed E-state index contributed by atoms with van der Waals surface area (Å²) >= 11 is 0. The zero-order valence-electron chi connectivity index (χ0n) is 13.6. The van der Waals surface area contributed by atoms with Crippen molar-refractivity contribution in [3.05, 3.63) is 35.4 Å². The summed E-state index contributed by atoms with van der Waals surface area (Å²) in [6.07, 6.45) is 0.193. The predicted molar refractivity (Wildman–Crippen MR) is 90.9 cm³/mol. The van der Waals surface area contributed by atoms with E-state index in [0.29, 0.717) is 6.54 Å². The van der Waals surface area contributed by atoms with Crippen LogP contribution >= 0.6 is 12.4 Å². The predicted octanol–water partition coefficient (Wildman–Crippen LogP) is 1.84. The number of hydrogen-bond donors (Lipinski definition) is 3. The Morgan fingerprint density at radius 2 is 1.77 bits per heavy atom. The molecule has 4 N–H and O–H groups in total. The molecule has 2 amide bonds. The number of carbonyl (C=O) groups excluding carboxylic acids is 2. The first kappa shape index (κ1) is 20.4. The summed E-state index contributed by atoms with van der Waals surface area (Å²) in [6.45, 7) is 7.53. The van der Waals surface area contributed by atoms with E-state index in [0.717, 1.165) is 11.1 Å². The lowest BCUT2D eigenvalue weighted by Gasteiger charge is -2.21. The van der Waals surface area contributed by atoms with Crippen LogP contribution in [0.2, 0.25) is 0 Å². The summed E-state index contributed by atoms with van der Waals surface area (Å²) in [5.41, 5.74) is 7.43. The van der Waals surface area contributed by atoms with Gasteiger partial charge in [-0.05, 0) is 26.3 Å². The minimum Gasteiger partial charge on any atom is -0.354 e. The van der Waals surface area contributed by atoms with Gasteiger partial charge in [-0.2, -0.15) is 0 Å². The van der Waals surface area contributed by atoms with Crippen molar-refractivity contribution in [1.82, 2.24) is 10.6 Å². The molecule has 1 rings (SSSR count). The minimum absolute atomic E-state index is 0. The molecule has 0 saturated heterocycles. The molecule has 1 aromatic rings. The quantitative estimate of drug-likeness (QED) is 0.745. The number of amides is 2. The maximum atomic E-state index is 12.0. The van der Waals surface area contributed by atoms with Crippen molar-refractivity contribution in [2.45, 2.75) is 45.7 Å². The van der Waals surface area contributed by atoms with Crippen LogP contribution in [0.1, 0.15) is 44.4 Å². The van der Waals surface area contributed by atoms with Gasteiger partial charge in [-0.25, -0.2) is 0 Å². The molecular formula is C16H26ClN3O2. The van der Waals surface area contributed by atoms with Crippen LogP contribution < -0.4 is 16.4 Å². The van der Waals surface area contributed by atoms with Gasteiger partial charge in [0, 0.05) is 19.0 Å². The molecule has 124 valence electrons. The van der Waals surface area contributed by atoms with Gasteiger partial charge in [0.05, 0.1) is 12.5 Å². The summed E-state index contributed by atoms with van der Waals surface area (Å²) in [6, 6.07) is 7.45. The molecule has 0 saturated carbocycles. The molecule has 0 aliphatic rings. The molecule has 6 heteroatoms. The summed E-state index contributed by atoms with van der Waals surface area (Å²) in [7, 11) is 0. The van der Waals surface area contributed by atoms with E-state index in [2.05, 4.69) is 10.6 Å². The van der Waals surface area contributed by atoms with Gasteiger partial charge >= 0.3 is 0 Å². The average Bonchev–Trinajstić information content (AvgIpc) is 2.35. The van der Waals surface area contributed by atoms with Crippen molar-refractivity contribution < 1.29 is 9.59 Å². The highest BCUT2D eigenvalue weighted by atomic mass is 35.5. The van der Waals surface area contributed by atoms with E-state index >= 15 is 0 Å². The molecule has 0 bridgehead atoms. The lowest BCUT2D eigenvalue weighted by atomic mass is 10.0. The third kappa shape index (κ3) is 8.00.